The van der Waals surface area contributed by atoms with Crippen molar-refractivity contribution in [3.8, 4) is 0 Å². The smallest absolute Gasteiger partial charge is 0.290 e. The second-order valence-electron chi connectivity index (χ2n) is 7.68. The van der Waals surface area contributed by atoms with E-state index in [0.29, 0.717) is 12.1 Å². The Hall–Kier alpha value is -2.88. The van der Waals surface area contributed by atoms with Crippen molar-refractivity contribution in [1.82, 2.24) is 25.4 Å². The molecule has 2 aliphatic heterocycles. The second-order valence-corrected chi connectivity index (χ2v) is 8.62. The molecule has 0 saturated carbocycles. The molecule has 31 heavy (non-hydrogen) atoms. The third-order valence-electron chi connectivity index (χ3n) is 6.25. The van der Waals surface area contributed by atoms with E-state index in [1.807, 2.05) is 10.3 Å². The number of fused-ring (bicyclic) bond motifs is 2. The van der Waals surface area contributed by atoms with Crippen molar-refractivity contribution in [3.05, 3.63) is 40.1 Å². The lowest BCUT2D eigenvalue weighted by atomic mass is 9.71. The fourth-order valence-corrected chi connectivity index (χ4v) is 5.58. The lowest BCUT2D eigenvalue weighted by Crippen LogP contribution is -2.49. The zero-order chi connectivity index (χ0) is 22.4. The standard InChI is InChI=1S/C20H25N5O2S.CH2O2/c1-3-14-12-28-17(24-14)11-21-19(27)20(4-2)9-15-5-6-16(20)25(15)18(26)13-7-8-22-23-10-13;2-1-3/h7-8,10,12,15-16H,3-6,9,11H2,1-2H3,(H,21,27);1H,(H,2,3)/t15-,16+,20+;/m1./s1. The molecule has 4 heterocycles. The lowest BCUT2D eigenvalue weighted by Gasteiger charge is -2.35. The van der Waals surface area contributed by atoms with Crippen LogP contribution in [0.3, 0.4) is 0 Å². The van der Waals surface area contributed by atoms with Crippen molar-refractivity contribution >= 4 is 29.6 Å². The summed E-state index contributed by atoms with van der Waals surface area (Å²) < 4.78 is 0. The van der Waals surface area contributed by atoms with Crippen LogP contribution in [0.1, 0.15) is 60.6 Å². The molecule has 2 aromatic rings. The van der Waals surface area contributed by atoms with E-state index in [1.54, 1.807) is 17.4 Å². The molecule has 2 bridgehead atoms. The van der Waals surface area contributed by atoms with E-state index in [-0.39, 0.29) is 30.4 Å². The molecule has 2 saturated heterocycles. The van der Waals surface area contributed by atoms with Crippen molar-refractivity contribution < 1.29 is 19.5 Å². The quantitative estimate of drug-likeness (QED) is 0.653. The predicted octanol–water partition coefficient (Wildman–Crippen LogP) is 2.29. The summed E-state index contributed by atoms with van der Waals surface area (Å²) in [7, 11) is 0. The Kier molecular flexibility index (Phi) is 7.32. The zero-order valence-electron chi connectivity index (χ0n) is 17.7. The first-order valence-corrected chi connectivity index (χ1v) is 11.3. The van der Waals surface area contributed by atoms with Gasteiger partial charge in [-0.2, -0.15) is 10.2 Å². The minimum absolute atomic E-state index is 0.0427. The number of carboxylic acid groups (broad SMARTS) is 1. The summed E-state index contributed by atoms with van der Waals surface area (Å²) in [4.78, 5) is 41.1. The summed E-state index contributed by atoms with van der Waals surface area (Å²) >= 11 is 1.58. The SMILES string of the molecule is CCc1csc(CNC(=O)[C@@]2(CC)C[C@H]3CC[C@@H]2N3C(=O)c2ccnnc2)n1.O=CO. The number of amides is 2. The lowest BCUT2D eigenvalue weighted by molar-refractivity contribution is -0.133. The topological polar surface area (TPSA) is 125 Å². The van der Waals surface area contributed by atoms with Gasteiger partial charge in [0.15, 0.2) is 0 Å². The molecule has 2 aliphatic rings. The fourth-order valence-electron chi connectivity index (χ4n) is 4.76. The van der Waals surface area contributed by atoms with Crippen LogP contribution in [0.5, 0.6) is 0 Å². The van der Waals surface area contributed by atoms with E-state index in [9.17, 15) is 9.59 Å². The summed E-state index contributed by atoms with van der Waals surface area (Å²) in [5.41, 5.74) is 1.07. The summed E-state index contributed by atoms with van der Waals surface area (Å²) in [6.07, 6.45) is 7.20. The van der Waals surface area contributed by atoms with Gasteiger partial charge in [-0.05, 0) is 38.2 Å². The molecule has 3 atom stereocenters. The summed E-state index contributed by atoms with van der Waals surface area (Å²) in [5, 5.41) is 20.5. The normalized spacial score (nSPS) is 23.7. The maximum atomic E-state index is 13.2. The van der Waals surface area contributed by atoms with Crippen LogP contribution in [-0.2, 0) is 22.6 Å². The molecule has 0 radical (unpaired) electrons. The molecule has 166 valence electrons. The van der Waals surface area contributed by atoms with Gasteiger partial charge in [-0.25, -0.2) is 4.98 Å². The van der Waals surface area contributed by atoms with Crippen molar-refractivity contribution in [1.29, 1.82) is 0 Å². The van der Waals surface area contributed by atoms with Gasteiger partial charge < -0.3 is 15.3 Å². The molecule has 0 aliphatic carbocycles. The van der Waals surface area contributed by atoms with Crippen LogP contribution in [0, 0.1) is 5.41 Å². The average Bonchev–Trinajstić information content (AvgIpc) is 3.51. The maximum absolute atomic E-state index is 13.2. The van der Waals surface area contributed by atoms with Crippen LogP contribution >= 0.6 is 11.3 Å². The number of nitrogens with one attached hydrogen (secondary N) is 1. The monoisotopic (exact) mass is 445 g/mol. The molecule has 2 N–H and O–H groups in total. The third-order valence-corrected chi connectivity index (χ3v) is 7.15. The molecule has 0 spiro atoms. The molecule has 0 aromatic carbocycles. The Balaban J connectivity index is 0.000000858. The van der Waals surface area contributed by atoms with E-state index in [1.165, 1.54) is 12.4 Å². The Morgan fingerprint density at radius 3 is 2.74 bits per heavy atom. The number of aryl methyl sites for hydroxylation is 1. The maximum Gasteiger partial charge on any atom is 0.290 e. The number of rotatable bonds is 6. The molecule has 2 fully saturated rings. The van der Waals surface area contributed by atoms with Crippen molar-refractivity contribution in [2.45, 2.75) is 64.6 Å². The Morgan fingerprint density at radius 1 is 1.35 bits per heavy atom. The van der Waals surface area contributed by atoms with Gasteiger partial charge in [0.25, 0.3) is 12.4 Å². The number of hydrogen-bond donors (Lipinski definition) is 2. The van der Waals surface area contributed by atoms with Gasteiger partial charge in [0.1, 0.15) is 5.01 Å². The van der Waals surface area contributed by atoms with E-state index < -0.39 is 5.41 Å². The first-order valence-electron chi connectivity index (χ1n) is 10.4. The van der Waals surface area contributed by atoms with Crippen LogP contribution in [-0.4, -0.2) is 55.6 Å². The molecule has 2 amide bonds. The highest BCUT2D eigenvalue weighted by atomic mass is 32.1. The highest BCUT2D eigenvalue weighted by Gasteiger charge is 2.60. The average molecular weight is 446 g/mol. The molecule has 10 heteroatoms. The predicted molar refractivity (Wildman–Crippen MR) is 114 cm³/mol. The highest BCUT2D eigenvalue weighted by Crippen LogP contribution is 2.52. The van der Waals surface area contributed by atoms with Gasteiger partial charge in [0, 0.05) is 17.5 Å². The molecule has 2 aromatic heterocycles. The third kappa shape index (κ3) is 4.43. The van der Waals surface area contributed by atoms with Gasteiger partial charge in [-0.15, -0.1) is 11.3 Å². The Labute approximate surface area is 184 Å². The van der Waals surface area contributed by atoms with Gasteiger partial charge in [-0.1, -0.05) is 13.8 Å². The zero-order valence-corrected chi connectivity index (χ0v) is 18.5. The largest absolute Gasteiger partial charge is 0.483 e. The molecule has 0 unspecified atom stereocenters. The van der Waals surface area contributed by atoms with E-state index in [4.69, 9.17) is 9.90 Å². The summed E-state index contributed by atoms with van der Waals surface area (Å²) in [6, 6.07) is 1.74. The number of carbonyl (C=O) groups excluding carboxylic acids is 2. The van der Waals surface area contributed by atoms with Crippen molar-refractivity contribution in [2.24, 2.45) is 5.41 Å². The Bertz CT molecular complexity index is 922. The van der Waals surface area contributed by atoms with Crippen molar-refractivity contribution in [3.63, 3.8) is 0 Å². The number of carbonyl (C=O) groups is 3. The fraction of sp³-hybridized carbons (Fsp3) is 0.524. The first kappa shape index (κ1) is 22.8. The van der Waals surface area contributed by atoms with Gasteiger partial charge >= 0.3 is 0 Å². The molecule has 9 nitrogen and oxygen atoms in total. The van der Waals surface area contributed by atoms with Gasteiger partial charge in [0.2, 0.25) is 5.91 Å². The van der Waals surface area contributed by atoms with Crippen LogP contribution < -0.4 is 5.32 Å². The minimum atomic E-state index is -0.524. The summed E-state index contributed by atoms with van der Waals surface area (Å²) in [6.45, 7) is 4.32. The van der Waals surface area contributed by atoms with E-state index in [0.717, 1.165) is 42.8 Å². The Morgan fingerprint density at radius 2 is 2.13 bits per heavy atom. The van der Waals surface area contributed by atoms with Crippen molar-refractivity contribution in [2.75, 3.05) is 0 Å². The molecular formula is C21H27N5O4S. The second kappa shape index (κ2) is 9.95. The number of nitrogens with zero attached hydrogens (tertiary/aromatic N) is 4. The van der Waals surface area contributed by atoms with Gasteiger partial charge in [0.05, 0.1) is 35.6 Å². The van der Waals surface area contributed by atoms with Gasteiger partial charge in [-0.3, -0.25) is 14.4 Å². The molecule has 4 rings (SSSR count). The number of thiazole rings is 1. The van der Waals surface area contributed by atoms with Crippen LogP contribution in [0.4, 0.5) is 0 Å². The summed E-state index contributed by atoms with van der Waals surface area (Å²) in [5.74, 6) is -0.000798. The minimum Gasteiger partial charge on any atom is -0.483 e. The molecular weight excluding hydrogens is 418 g/mol. The van der Waals surface area contributed by atoms with Crippen LogP contribution in [0.2, 0.25) is 0 Å². The van der Waals surface area contributed by atoms with Crippen LogP contribution in [0.25, 0.3) is 0 Å². The first-order chi connectivity index (χ1) is 15.0. The number of hydrogen-bond acceptors (Lipinski definition) is 7. The highest BCUT2D eigenvalue weighted by molar-refractivity contribution is 7.09. The van der Waals surface area contributed by atoms with E-state index in [2.05, 4.69) is 34.3 Å². The van der Waals surface area contributed by atoms with Crippen LogP contribution in [0.15, 0.2) is 23.8 Å². The van der Waals surface area contributed by atoms with E-state index >= 15 is 0 Å². The number of aromatic nitrogens is 3.